The van der Waals surface area contributed by atoms with Gasteiger partial charge >= 0.3 is 5.69 Å². The van der Waals surface area contributed by atoms with Gasteiger partial charge in [-0.25, -0.2) is 9.18 Å². The van der Waals surface area contributed by atoms with Gasteiger partial charge in [0.2, 0.25) is 5.91 Å². The fourth-order valence-electron chi connectivity index (χ4n) is 2.24. The van der Waals surface area contributed by atoms with E-state index in [0.717, 1.165) is 28.7 Å². The van der Waals surface area contributed by atoms with Crippen LogP contribution in [-0.4, -0.2) is 21.6 Å². The van der Waals surface area contributed by atoms with Crippen molar-refractivity contribution in [2.75, 3.05) is 11.1 Å². The highest BCUT2D eigenvalue weighted by atomic mass is 32.2. The van der Waals surface area contributed by atoms with E-state index < -0.39 is 23.0 Å². The number of nitriles is 1. The second-order valence-electron chi connectivity index (χ2n) is 5.31. The number of thiophene rings is 1. The van der Waals surface area contributed by atoms with E-state index in [1.165, 1.54) is 12.1 Å². The van der Waals surface area contributed by atoms with Crippen LogP contribution in [0.1, 0.15) is 11.1 Å². The Hall–Kier alpha value is -2.90. The van der Waals surface area contributed by atoms with Gasteiger partial charge in [-0.2, -0.15) is 5.26 Å². The van der Waals surface area contributed by atoms with Gasteiger partial charge in [0, 0.05) is 0 Å². The van der Waals surface area contributed by atoms with E-state index >= 15 is 0 Å². The number of halogens is 1. The van der Waals surface area contributed by atoms with Crippen LogP contribution in [0.15, 0.2) is 32.0 Å². The van der Waals surface area contributed by atoms with Crippen LogP contribution < -0.4 is 16.6 Å². The van der Waals surface area contributed by atoms with Crippen molar-refractivity contribution in [2.45, 2.75) is 11.1 Å². The number of nitrogens with one attached hydrogen (secondary N) is 3. The molecule has 3 rings (SSSR count). The van der Waals surface area contributed by atoms with Crippen LogP contribution in [0, 0.1) is 24.1 Å². The fourth-order valence-corrected chi connectivity index (χ4v) is 4.36. The zero-order chi connectivity index (χ0) is 18.8. The van der Waals surface area contributed by atoms with Crippen LogP contribution in [0.5, 0.6) is 0 Å². The monoisotopic (exact) mass is 390 g/mol. The van der Waals surface area contributed by atoms with E-state index in [4.69, 9.17) is 0 Å². The topological polar surface area (TPSA) is 119 Å². The summed E-state index contributed by atoms with van der Waals surface area (Å²) < 4.78 is 14.4. The summed E-state index contributed by atoms with van der Waals surface area (Å²) in [6.45, 7) is 1.74. The summed E-state index contributed by atoms with van der Waals surface area (Å²) in [5.74, 6) is -1.08. The minimum Gasteiger partial charge on any atom is -0.323 e. The number of carbonyl (C=O) groups excluding carboxylic acids is 1. The largest absolute Gasteiger partial charge is 0.326 e. The Labute approximate surface area is 153 Å². The van der Waals surface area contributed by atoms with Crippen molar-refractivity contribution < 1.29 is 9.18 Å². The Morgan fingerprint density at radius 1 is 1.38 bits per heavy atom. The van der Waals surface area contributed by atoms with Gasteiger partial charge in [-0.15, -0.1) is 23.1 Å². The molecule has 2 aromatic heterocycles. The number of benzene rings is 1. The van der Waals surface area contributed by atoms with E-state index in [1.807, 2.05) is 6.07 Å². The van der Waals surface area contributed by atoms with Crippen molar-refractivity contribution >= 4 is 44.9 Å². The van der Waals surface area contributed by atoms with Gasteiger partial charge in [-0.1, -0.05) is 6.07 Å². The van der Waals surface area contributed by atoms with Crippen molar-refractivity contribution in [3.63, 3.8) is 0 Å². The van der Waals surface area contributed by atoms with Gasteiger partial charge in [-0.05, 0) is 24.6 Å². The molecular weight excluding hydrogens is 379 g/mol. The number of hydrogen-bond donors (Lipinski definition) is 3. The summed E-state index contributed by atoms with van der Waals surface area (Å²) in [6, 6.07) is 6.39. The van der Waals surface area contributed by atoms with Crippen molar-refractivity contribution in [1.29, 1.82) is 5.26 Å². The highest BCUT2D eigenvalue weighted by Gasteiger charge is 2.17. The minimum atomic E-state index is -0.707. The zero-order valence-electron chi connectivity index (χ0n) is 13.3. The number of aromatic amines is 2. The molecule has 3 N–H and O–H groups in total. The average molecular weight is 390 g/mol. The third-order valence-electron chi connectivity index (χ3n) is 3.39. The summed E-state index contributed by atoms with van der Waals surface area (Å²) >= 11 is 2.04. The second kappa shape index (κ2) is 7.15. The smallest absolute Gasteiger partial charge is 0.323 e. The molecule has 10 heteroatoms. The standard InChI is InChI=1S/C16H11FN4O3S2/c1-7-2-3-10(9(17)4-7)19-11(22)6-25-15-8(5-18)12-13(26-15)14(23)21-16(24)20-12/h2-4H,6H2,1H3,(H,19,22)(H2,20,21,23,24). The molecule has 2 heterocycles. The normalized spacial score (nSPS) is 10.7. The van der Waals surface area contributed by atoms with Gasteiger partial charge in [0.05, 0.1) is 21.2 Å². The Morgan fingerprint density at radius 2 is 2.15 bits per heavy atom. The van der Waals surface area contributed by atoms with Crippen molar-refractivity contribution in [2.24, 2.45) is 0 Å². The average Bonchev–Trinajstić information content (AvgIpc) is 2.93. The number of hydrogen-bond acceptors (Lipinski definition) is 6. The predicted octanol–water partition coefficient (Wildman–Crippen LogP) is 2.33. The molecular formula is C16H11FN4O3S2. The molecule has 0 saturated heterocycles. The van der Waals surface area contributed by atoms with Gasteiger partial charge < -0.3 is 10.3 Å². The first kappa shape index (κ1) is 17.9. The fraction of sp³-hybridized carbons (Fsp3) is 0.125. The number of nitrogens with zero attached hydrogens (tertiary/aromatic N) is 1. The van der Waals surface area contributed by atoms with Gasteiger partial charge in [0.1, 0.15) is 22.1 Å². The molecule has 0 aliphatic carbocycles. The molecule has 1 aromatic carbocycles. The third kappa shape index (κ3) is 3.54. The maximum atomic E-state index is 13.8. The molecule has 0 radical (unpaired) electrons. The first-order valence-corrected chi connectivity index (χ1v) is 9.07. The molecule has 0 fully saturated rings. The molecule has 0 aliphatic heterocycles. The van der Waals surface area contributed by atoms with Gasteiger partial charge in [-0.3, -0.25) is 14.6 Å². The van der Waals surface area contributed by atoms with Crippen LogP contribution >= 0.6 is 23.1 Å². The van der Waals surface area contributed by atoms with Crippen molar-refractivity contribution in [1.82, 2.24) is 9.97 Å². The number of rotatable bonds is 4. The van der Waals surface area contributed by atoms with E-state index in [0.29, 0.717) is 4.21 Å². The molecule has 0 aliphatic rings. The summed E-state index contributed by atoms with van der Waals surface area (Å²) in [7, 11) is 0. The lowest BCUT2D eigenvalue weighted by atomic mass is 10.2. The summed E-state index contributed by atoms with van der Waals surface area (Å²) in [6.07, 6.45) is 0. The van der Waals surface area contributed by atoms with Crippen LogP contribution in [0.25, 0.3) is 10.2 Å². The molecule has 3 aromatic rings. The maximum absolute atomic E-state index is 13.8. The highest BCUT2D eigenvalue weighted by molar-refractivity contribution is 8.02. The Morgan fingerprint density at radius 3 is 2.85 bits per heavy atom. The molecule has 26 heavy (non-hydrogen) atoms. The lowest BCUT2D eigenvalue weighted by Crippen LogP contribution is -2.20. The molecule has 0 bridgehead atoms. The number of fused-ring (bicyclic) bond motifs is 1. The molecule has 7 nitrogen and oxygen atoms in total. The predicted molar refractivity (Wildman–Crippen MR) is 98.3 cm³/mol. The number of thioether (sulfide) groups is 1. The summed E-state index contributed by atoms with van der Waals surface area (Å²) in [4.78, 5) is 39.8. The first-order valence-electron chi connectivity index (χ1n) is 7.27. The third-order valence-corrected chi connectivity index (χ3v) is 5.85. The first-order chi connectivity index (χ1) is 12.4. The quantitative estimate of drug-likeness (QED) is 0.591. The Kier molecular flexibility index (Phi) is 4.92. The summed E-state index contributed by atoms with van der Waals surface area (Å²) in [5, 5.41) is 11.8. The second-order valence-corrected chi connectivity index (χ2v) is 7.57. The van der Waals surface area contributed by atoms with Crippen molar-refractivity contribution in [3.05, 3.63) is 56.0 Å². The van der Waals surface area contributed by atoms with Gasteiger partial charge in [0.15, 0.2) is 0 Å². The molecule has 0 spiro atoms. The molecule has 132 valence electrons. The maximum Gasteiger partial charge on any atom is 0.326 e. The van der Waals surface area contributed by atoms with Crippen LogP contribution in [0.2, 0.25) is 0 Å². The number of aryl methyl sites for hydroxylation is 1. The van der Waals surface area contributed by atoms with E-state index in [-0.39, 0.29) is 27.2 Å². The van der Waals surface area contributed by atoms with E-state index in [9.17, 15) is 24.0 Å². The molecule has 1 amide bonds. The van der Waals surface area contributed by atoms with Gasteiger partial charge in [0.25, 0.3) is 5.56 Å². The Bertz CT molecular complexity index is 1170. The number of carbonyl (C=O) groups is 1. The van der Waals surface area contributed by atoms with E-state index in [1.54, 1.807) is 13.0 Å². The highest BCUT2D eigenvalue weighted by Crippen LogP contribution is 2.34. The van der Waals surface area contributed by atoms with E-state index in [2.05, 4.69) is 15.3 Å². The molecule has 0 unspecified atom stereocenters. The lowest BCUT2D eigenvalue weighted by Gasteiger charge is -2.06. The lowest BCUT2D eigenvalue weighted by molar-refractivity contribution is -0.113. The van der Waals surface area contributed by atoms with Crippen LogP contribution in [0.4, 0.5) is 10.1 Å². The number of aromatic nitrogens is 2. The molecule has 0 saturated carbocycles. The van der Waals surface area contributed by atoms with Crippen LogP contribution in [-0.2, 0) is 4.79 Å². The van der Waals surface area contributed by atoms with Crippen LogP contribution in [0.3, 0.4) is 0 Å². The Balaban J connectivity index is 1.80. The SMILES string of the molecule is Cc1ccc(NC(=O)CSc2sc3c(=O)[nH]c(=O)[nH]c3c2C#N)c(F)c1. The number of amides is 1. The zero-order valence-corrected chi connectivity index (χ0v) is 14.9. The minimum absolute atomic E-state index is 0.0684. The summed E-state index contributed by atoms with van der Waals surface area (Å²) in [5.41, 5.74) is -0.215. The van der Waals surface area contributed by atoms with Crippen molar-refractivity contribution in [3.8, 4) is 6.07 Å². The molecule has 0 atom stereocenters. The number of anilines is 1. The number of H-pyrrole nitrogens is 2.